The number of carbonyl (C=O) groups is 2. The SMILES string of the molecule is COc1cc(C(=O)N2CCN(CC(=O)Nc3ccccc3Cl)CC2)cc(OC)c1C. The molecule has 2 aromatic carbocycles. The number of methoxy groups -OCH3 is 2. The summed E-state index contributed by atoms with van der Waals surface area (Å²) in [5, 5.41) is 3.33. The molecule has 0 aliphatic carbocycles. The van der Waals surface area contributed by atoms with Gasteiger partial charge >= 0.3 is 0 Å². The van der Waals surface area contributed by atoms with Gasteiger partial charge in [0.05, 0.1) is 31.5 Å². The molecule has 0 spiro atoms. The fourth-order valence-electron chi connectivity index (χ4n) is 3.46. The Hall–Kier alpha value is -2.77. The zero-order chi connectivity index (χ0) is 21.7. The van der Waals surface area contributed by atoms with Crippen LogP contribution in [0.25, 0.3) is 0 Å². The third kappa shape index (κ3) is 5.04. The van der Waals surface area contributed by atoms with E-state index in [2.05, 4.69) is 5.32 Å². The van der Waals surface area contributed by atoms with Crippen LogP contribution in [0, 0.1) is 6.92 Å². The fraction of sp³-hybridized carbons (Fsp3) is 0.364. The maximum Gasteiger partial charge on any atom is 0.254 e. The molecule has 1 N–H and O–H groups in total. The van der Waals surface area contributed by atoms with Gasteiger partial charge in [-0.3, -0.25) is 14.5 Å². The van der Waals surface area contributed by atoms with Crippen LogP contribution in [-0.2, 0) is 4.79 Å². The van der Waals surface area contributed by atoms with E-state index in [1.807, 2.05) is 24.0 Å². The van der Waals surface area contributed by atoms with Crippen molar-refractivity contribution < 1.29 is 19.1 Å². The second-order valence-electron chi connectivity index (χ2n) is 7.10. The molecule has 2 aromatic rings. The number of anilines is 1. The van der Waals surface area contributed by atoms with Gasteiger partial charge in [-0.2, -0.15) is 0 Å². The number of ether oxygens (including phenoxy) is 2. The largest absolute Gasteiger partial charge is 0.496 e. The Labute approximate surface area is 181 Å². The zero-order valence-electron chi connectivity index (χ0n) is 17.4. The van der Waals surface area contributed by atoms with E-state index in [1.165, 1.54) is 0 Å². The summed E-state index contributed by atoms with van der Waals surface area (Å²) in [5.74, 6) is 1.03. The van der Waals surface area contributed by atoms with Gasteiger partial charge in [-0.15, -0.1) is 0 Å². The number of nitrogens with zero attached hydrogens (tertiary/aromatic N) is 2. The van der Waals surface area contributed by atoms with Gasteiger partial charge in [0, 0.05) is 37.3 Å². The lowest BCUT2D eigenvalue weighted by atomic mass is 10.1. The van der Waals surface area contributed by atoms with Crippen LogP contribution in [0.3, 0.4) is 0 Å². The molecule has 7 nitrogen and oxygen atoms in total. The van der Waals surface area contributed by atoms with Crippen LogP contribution in [0.15, 0.2) is 36.4 Å². The van der Waals surface area contributed by atoms with E-state index < -0.39 is 0 Å². The lowest BCUT2D eigenvalue weighted by molar-refractivity contribution is -0.117. The van der Waals surface area contributed by atoms with Gasteiger partial charge in [-0.05, 0) is 31.2 Å². The molecule has 0 aromatic heterocycles. The summed E-state index contributed by atoms with van der Waals surface area (Å²) in [5.41, 5.74) is 1.98. The highest BCUT2D eigenvalue weighted by Gasteiger charge is 2.25. The van der Waals surface area contributed by atoms with Crippen LogP contribution in [0.2, 0.25) is 5.02 Å². The first kappa shape index (κ1) is 21.9. The molecule has 1 aliphatic heterocycles. The first-order valence-corrected chi connectivity index (χ1v) is 10.1. The Kier molecular flexibility index (Phi) is 7.18. The predicted molar refractivity (Wildman–Crippen MR) is 117 cm³/mol. The number of benzene rings is 2. The zero-order valence-corrected chi connectivity index (χ0v) is 18.2. The van der Waals surface area contributed by atoms with Crippen molar-refractivity contribution in [3.8, 4) is 11.5 Å². The van der Waals surface area contributed by atoms with Crippen molar-refractivity contribution in [2.75, 3.05) is 52.3 Å². The smallest absolute Gasteiger partial charge is 0.254 e. The number of para-hydroxylation sites is 1. The molecule has 1 fully saturated rings. The highest BCUT2D eigenvalue weighted by Crippen LogP contribution is 2.30. The van der Waals surface area contributed by atoms with E-state index in [-0.39, 0.29) is 18.4 Å². The monoisotopic (exact) mass is 431 g/mol. The summed E-state index contributed by atoms with van der Waals surface area (Å²) in [6.45, 7) is 4.44. The minimum Gasteiger partial charge on any atom is -0.496 e. The summed E-state index contributed by atoms with van der Waals surface area (Å²) in [7, 11) is 3.14. The van der Waals surface area contributed by atoms with Gasteiger partial charge in [0.1, 0.15) is 11.5 Å². The van der Waals surface area contributed by atoms with Gasteiger partial charge < -0.3 is 19.7 Å². The third-order valence-electron chi connectivity index (χ3n) is 5.17. The number of halogens is 1. The molecule has 3 rings (SSSR count). The van der Waals surface area contributed by atoms with Crippen molar-refractivity contribution in [3.63, 3.8) is 0 Å². The van der Waals surface area contributed by atoms with Crippen LogP contribution in [0.4, 0.5) is 5.69 Å². The van der Waals surface area contributed by atoms with Gasteiger partial charge in [0.2, 0.25) is 5.91 Å². The Balaban J connectivity index is 1.57. The molecular weight excluding hydrogens is 406 g/mol. The standard InChI is InChI=1S/C22H26ClN3O4/c1-15-19(29-2)12-16(13-20(15)30-3)22(28)26-10-8-25(9-11-26)14-21(27)24-18-7-5-4-6-17(18)23/h4-7,12-13H,8-11,14H2,1-3H3,(H,24,27). The van der Waals surface area contributed by atoms with Crippen LogP contribution >= 0.6 is 11.6 Å². The van der Waals surface area contributed by atoms with Crippen molar-refractivity contribution in [1.82, 2.24) is 9.80 Å². The average molecular weight is 432 g/mol. The third-order valence-corrected chi connectivity index (χ3v) is 5.50. The highest BCUT2D eigenvalue weighted by atomic mass is 35.5. The molecule has 8 heteroatoms. The lowest BCUT2D eigenvalue weighted by Crippen LogP contribution is -2.50. The quantitative estimate of drug-likeness (QED) is 0.761. The minimum atomic E-state index is -0.129. The van der Waals surface area contributed by atoms with Gasteiger partial charge in [0.25, 0.3) is 5.91 Å². The summed E-state index contributed by atoms with van der Waals surface area (Å²) >= 11 is 6.09. The number of nitrogens with one attached hydrogen (secondary N) is 1. The van der Waals surface area contributed by atoms with E-state index in [1.54, 1.807) is 43.4 Å². The molecule has 0 atom stereocenters. The number of piperazine rings is 1. The molecular formula is C22H26ClN3O4. The van der Waals surface area contributed by atoms with Crippen molar-refractivity contribution in [2.45, 2.75) is 6.92 Å². The van der Waals surface area contributed by atoms with Crippen LogP contribution in [0.5, 0.6) is 11.5 Å². The van der Waals surface area contributed by atoms with Gasteiger partial charge in [-0.1, -0.05) is 23.7 Å². The molecule has 1 heterocycles. The van der Waals surface area contributed by atoms with E-state index >= 15 is 0 Å². The Morgan fingerprint density at radius 2 is 1.63 bits per heavy atom. The first-order valence-electron chi connectivity index (χ1n) is 9.71. The van der Waals surface area contributed by atoms with Gasteiger partial charge in [0.15, 0.2) is 0 Å². The molecule has 0 unspecified atom stereocenters. The van der Waals surface area contributed by atoms with E-state index in [9.17, 15) is 9.59 Å². The molecule has 0 radical (unpaired) electrons. The Morgan fingerprint density at radius 3 is 2.20 bits per heavy atom. The van der Waals surface area contributed by atoms with E-state index in [0.29, 0.717) is 54.0 Å². The number of hydrogen-bond acceptors (Lipinski definition) is 5. The van der Waals surface area contributed by atoms with Crippen molar-refractivity contribution >= 4 is 29.1 Å². The molecule has 1 aliphatic rings. The number of amides is 2. The van der Waals surface area contributed by atoms with E-state index in [0.717, 1.165) is 5.56 Å². The first-order chi connectivity index (χ1) is 14.4. The van der Waals surface area contributed by atoms with Crippen molar-refractivity contribution in [1.29, 1.82) is 0 Å². The number of carbonyl (C=O) groups excluding carboxylic acids is 2. The summed E-state index contributed by atoms with van der Waals surface area (Å²) in [4.78, 5) is 29.1. The molecule has 0 saturated carbocycles. The topological polar surface area (TPSA) is 71.1 Å². The summed E-state index contributed by atoms with van der Waals surface area (Å²) < 4.78 is 10.7. The summed E-state index contributed by atoms with van der Waals surface area (Å²) in [6.07, 6.45) is 0. The van der Waals surface area contributed by atoms with Crippen LogP contribution < -0.4 is 14.8 Å². The normalized spacial score (nSPS) is 14.3. The predicted octanol–water partition coefficient (Wildman–Crippen LogP) is 3.06. The molecule has 2 amide bonds. The molecule has 0 bridgehead atoms. The molecule has 1 saturated heterocycles. The number of rotatable bonds is 6. The lowest BCUT2D eigenvalue weighted by Gasteiger charge is -2.34. The fourth-order valence-corrected chi connectivity index (χ4v) is 3.64. The number of hydrogen-bond donors (Lipinski definition) is 1. The Bertz CT molecular complexity index is 901. The van der Waals surface area contributed by atoms with Crippen LogP contribution in [0.1, 0.15) is 15.9 Å². The second kappa shape index (κ2) is 9.82. The average Bonchev–Trinajstić information content (AvgIpc) is 2.75. The van der Waals surface area contributed by atoms with E-state index in [4.69, 9.17) is 21.1 Å². The van der Waals surface area contributed by atoms with Crippen LogP contribution in [-0.4, -0.2) is 68.6 Å². The summed E-state index contributed by atoms with van der Waals surface area (Å²) in [6, 6.07) is 10.6. The Morgan fingerprint density at radius 1 is 1.03 bits per heavy atom. The maximum absolute atomic E-state index is 13.0. The second-order valence-corrected chi connectivity index (χ2v) is 7.51. The molecule has 160 valence electrons. The highest BCUT2D eigenvalue weighted by molar-refractivity contribution is 6.33. The van der Waals surface area contributed by atoms with Gasteiger partial charge in [-0.25, -0.2) is 0 Å². The minimum absolute atomic E-state index is 0.0771. The van der Waals surface area contributed by atoms with Crippen molar-refractivity contribution in [2.24, 2.45) is 0 Å². The molecule has 30 heavy (non-hydrogen) atoms. The maximum atomic E-state index is 13.0. The van der Waals surface area contributed by atoms with Crippen molar-refractivity contribution in [3.05, 3.63) is 52.5 Å².